The van der Waals surface area contributed by atoms with Crippen molar-refractivity contribution in [2.75, 3.05) is 23.3 Å². The predicted molar refractivity (Wildman–Crippen MR) is 85.3 cm³/mol. The Kier molecular flexibility index (Phi) is 5.54. The van der Waals surface area contributed by atoms with Gasteiger partial charge in [-0.15, -0.1) is 0 Å². The van der Waals surface area contributed by atoms with E-state index in [4.69, 9.17) is 4.42 Å². The van der Waals surface area contributed by atoms with E-state index in [1.165, 1.54) is 18.5 Å². The second-order valence-corrected chi connectivity index (χ2v) is 4.97. The maximum atomic E-state index is 5.31. The zero-order valence-corrected chi connectivity index (χ0v) is 12.4. The van der Waals surface area contributed by atoms with E-state index in [0.29, 0.717) is 0 Å². The summed E-state index contributed by atoms with van der Waals surface area (Å²) in [5, 5.41) is 3.36. The molecular weight excluding hydrogens is 248 g/mol. The number of benzene rings is 1. The molecule has 20 heavy (non-hydrogen) atoms. The Bertz CT molecular complexity index is 470. The molecule has 0 atom stereocenters. The zero-order valence-electron chi connectivity index (χ0n) is 12.4. The minimum atomic E-state index is 0.722. The van der Waals surface area contributed by atoms with E-state index in [1.54, 1.807) is 6.26 Å². The molecule has 2 rings (SSSR count). The third-order valence-corrected chi connectivity index (χ3v) is 3.27. The summed E-state index contributed by atoms with van der Waals surface area (Å²) in [6.45, 7) is 7.41. The highest BCUT2D eigenvalue weighted by atomic mass is 16.3. The third kappa shape index (κ3) is 4.05. The van der Waals surface area contributed by atoms with E-state index in [9.17, 15) is 0 Å². The molecule has 108 valence electrons. The minimum Gasteiger partial charge on any atom is -0.467 e. The lowest BCUT2D eigenvalue weighted by Crippen LogP contribution is -2.24. The van der Waals surface area contributed by atoms with Crippen LogP contribution in [0.2, 0.25) is 0 Å². The fraction of sp³-hybridized carbons (Fsp3) is 0.412. The summed E-state index contributed by atoms with van der Waals surface area (Å²) >= 11 is 0. The van der Waals surface area contributed by atoms with Gasteiger partial charge < -0.3 is 14.6 Å². The van der Waals surface area contributed by atoms with Gasteiger partial charge in [0, 0.05) is 24.5 Å². The molecule has 1 N–H and O–H groups in total. The average molecular weight is 272 g/mol. The first-order valence-electron chi connectivity index (χ1n) is 7.44. The van der Waals surface area contributed by atoms with Crippen LogP contribution in [0.1, 0.15) is 32.4 Å². The maximum absolute atomic E-state index is 5.31. The Balaban J connectivity index is 1.94. The van der Waals surface area contributed by atoms with Gasteiger partial charge in [-0.25, -0.2) is 0 Å². The molecule has 1 aromatic heterocycles. The van der Waals surface area contributed by atoms with Gasteiger partial charge in [-0.1, -0.05) is 13.8 Å². The molecule has 2 aromatic rings. The molecular formula is C17H24N2O. The van der Waals surface area contributed by atoms with Crippen molar-refractivity contribution >= 4 is 11.4 Å². The van der Waals surface area contributed by atoms with Gasteiger partial charge in [-0.2, -0.15) is 0 Å². The van der Waals surface area contributed by atoms with Crippen molar-refractivity contribution in [2.45, 2.75) is 33.2 Å². The van der Waals surface area contributed by atoms with E-state index >= 15 is 0 Å². The lowest BCUT2D eigenvalue weighted by Gasteiger charge is -2.24. The lowest BCUT2D eigenvalue weighted by molar-refractivity contribution is 0.518. The lowest BCUT2D eigenvalue weighted by atomic mass is 10.2. The number of hydrogen-bond donors (Lipinski definition) is 1. The van der Waals surface area contributed by atoms with Crippen molar-refractivity contribution in [3.63, 3.8) is 0 Å². The molecule has 0 saturated heterocycles. The summed E-state index contributed by atoms with van der Waals surface area (Å²) in [7, 11) is 0. The number of rotatable bonds is 8. The van der Waals surface area contributed by atoms with Crippen LogP contribution in [0.15, 0.2) is 47.1 Å². The first-order chi connectivity index (χ1) is 9.83. The number of hydrogen-bond acceptors (Lipinski definition) is 3. The standard InChI is InChI=1S/C17H24N2O/c1-3-11-19(12-4-2)16-9-7-15(8-10-16)18-14-17-6-5-13-20-17/h5-10,13,18H,3-4,11-12,14H2,1-2H3. The number of furan rings is 1. The molecule has 0 saturated carbocycles. The SMILES string of the molecule is CCCN(CCC)c1ccc(NCc2ccco2)cc1. The van der Waals surface area contributed by atoms with Crippen molar-refractivity contribution in [3.8, 4) is 0 Å². The number of nitrogens with one attached hydrogen (secondary N) is 1. The number of anilines is 2. The van der Waals surface area contributed by atoms with Crippen LogP contribution in [0.25, 0.3) is 0 Å². The summed E-state index contributed by atoms with van der Waals surface area (Å²) in [6.07, 6.45) is 4.06. The zero-order chi connectivity index (χ0) is 14.2. The van der Waals surface area contributed by atoms with Crippen molar-refractivity contribution in [1.82, 2.24) is 0 Å². The highest BCUT2D eigenvalue weighted by Gasteiger charge is 2.04. The quantitative estimate of drug-likeness (QED) is 0.766. The van der Waals surface area contributed by atoms with E-state index in [0.717, 1.165) is 31.1 Å². The largest absolute Gasteiger partial charge is 0.467 e. The molecule has 0 aliphatic heterocycles. The van der Waals surface area contributed by atoms with Crippen LogP contribution in [0.4, 0.5) is 11.4 Å². The molecule has 1 aromatic carbocycles. The van der Waals surface area contributed by atoms with Crippen molar-refractivity contribution < 1.29 is 4.42 Å². The Morgan fingerprint density at radius 3 is 2.25 bits per heavy atom. The minimum absolute atomic E-state index is 0.722. The van der Waals surface area contributed by atoms with Crippen LogP contribution in [0.3, 0.4) is 0 Å². The van der Waals surface area contributed by atoms with Crippen LogP contribution in [-0.4, -0.2) is 13.1 Å². The fourth-order valence-corrected chi connectivity index (χ4v) is 2.30. The van der Waals surface area contributed by atoms with Crippen molar-refractivity contribution in [2.24, 2.45) is 0 Å². The van der Waals surface area contributed by atoms with E-state index < -0.39 is 0 Å². The van der Waals surface area contributed by atoms with E-state index in [1.807, 2.05) is 12.1 Å². The summed E-state index contributed by atoms with van der Waals surface area (Å²) in [6, 6.07) is 12.5. The second kappa shape index (κ2) is 7.63. The molecule has 1 heterocycles. The first kappa shape index (κ1) is 14.5. The maximum Gasteiger partial charge on any atom is 0.122 e. The molecule has 0 aliphatic carbocycles. The molecule has 3 heteroatoms. The highest BCUT2D eigenvalue weighted by Crippen LogP contribution is 2.19. The van der Waals surface area contributed by atoms with Gasteiger partial charge in [0.25, 0.3) is 0 Å². The third-order valence-electron chi connectivity index (χ3n) is 3.27. The van der Waals surface area contributed by atoms with E-state index in [2.05, 4.69) is 48.3 Å². The Morgan fingerprint density at radius 1 is 1.00 bits per heavy atom. The molecule has 0 amide bonds. The van der Waals surface area contributed by atoms with Crippen LogP contribution in [0, 0.1) is 0 Å². The van der Waals surface area contributed by atoms with Crippen molar-refractivity contribution in [1.29, 1.82) is 0 Å². The molecule has 3 nitrogen and oxygen atoms in total. The van der Waals surface area contributed by atoms with Gasteiger partial charge in [0.2, 0.25) is 0 Å². The fourth-order valence-electron chi connectivity index (χ4n) is 2.30. The van der Waals surface area contributed by atoms with Gasteiger partial charge in [0.15, 0.2) is 0 Å². The van der Waals surface area contributed by atoms with Gasteiger partial charge in [-0.3, -0.25) is 0 Å². The molecule has 0 fully saturated rings. The normalized spacial score (nSPS) is 10.5. The van der Waals surface area contributed by atoms with Crippen molar-refractivity contribution in [3.05, 3.63) is 48.4 Å². The van der Waals surface area contributed by atoms with Crippen LogP contribution >= 0.6 is 0 Å². The molecule has 0 aliphatic rings. The summed E-state index contributed by atoms with van der Waals surface area (Å²) in [4.78, 5) is 2.44. The average Bonchev–Trinajstić information content (AvgIpc) is 2.99. The number of nitrogens with zero attached hydrogens (tertiary/aromatic N) is 1. The van der Waals surface area contributed by atoms with E-state index in [-0.39, 0.29) is 0 Å². The van der Waals surface area contributed by atoms with Crippen LogP contribution in [-0.2, 0) is 6.54 Å². The Labute approximate surface area is 121 Å². The molecule has 0 unspecified atom stereocenters. The van der Waals surface area contributed by atoms with Gasteiger partial charge >= 0.3 is 0 Å². The smallest absolute Gasteiger partial charge is 0.122 e. The Hall–Kier alpha value is -1.90. The second-order valence-electron chi connectivity index (χ2n) is 4.97. The monoisotopic (exact) mass is 272 g/mol. The van der Waals surface area contributed by atoms with Crippen LogP contribution in [0.5, 0.6) is 0 Å². The summed E-state index contributed by atoms with van der Waals surface area (Å²) in [5.41, 5.74) is 2.43. The summed E-state index contributed by atoms with van der Waals surface area (Å²) in [5.74, 6) is 0.952. The Morgan fingerprint density at radius 2 is 1.70 bits per heavy atom. The topological polar surface area (TPSA) is 28.4 Å². The molecule has 0 spiro atoms. The molecule has 0 bridgehead atoms. The van der Waals surface area contributed by atoms with Gasteiger partial charge in [-0.05, 0) is 49.2 Å². The summed E-state index contributed by atoms with van der Waals surface area (Å²) < 4.78 is 5.31. The van der Waals surface area contributed by atoms with Gasteiger partial charge in [0.1, 0.15) is 5.76 Å². The predicted octanol–water partition coefficient (Wildman–Crippen LogP) is 4.52. The first-order valence-corrected chi connectivity index (χ1v) is 7.44. The van der Waals surface area contributed by atoms with Crippen LogP contribution < -0.4 is 10.2 Å². The highest BCUT2D eigenvalue weighted by molar-refractivity contribution is 5.55. The van der Waals surface area contributed by atoms with Gasteiger partial charge in [0.05, 0.1) is 12.8 Å². The molecule has 0 radical (unpaired) electrons.